The zero-order valence-electron chi connectivity index (χ0n) is 11.5. The van der Waals surface area contributed by atoms with Crippen LogP contribution in [0.3, 0.4) is 0 Å². The van der Waals surface area contributed by atoms with Crippen LogP contribution in [0, 0.1) is 0 Å². The Bertz CT molecular complexity index is 523. The molecule has 0 bridgehead atoms. The largest absolute Gasteiger partial charge is 1.00 e. The Morgan fingerprint density at radius 2 is 2.24 bits per heavy atom. The molecule has 2 aliphatic rings. The number of hydrogen-bond acceptors (Lipinski definition) is 7. The van der Waals surface area contributed by atoms with Crippen molar-refractivity contribution in [3.8, 4) is 0 Å². The summed E-state index contributed by atoms with van der Waals surface area (Å²) in [6, 6.07) is -0.734. The number of aliphatic carboxylic acids is 1. The second-order valence-electron chi connectivity index (χ2n) is 4.19. The topological polar surface area (TPSA) is 116 Å². The molecule has 2 aliphatic heterocycles. The number of carbonyl (C=O) groups is 4. The third kappa shape index (κ3) is 3.42. The normalized spacial score (nSPS) is 23.5. The molecule has 1 saturated heterocycles. The Labute approximate surface area is 146 Å². The van der Waals surface area contributed by atoms with Gasteiger partial charge in [0.05, 0.1) is 11.7 Å². The maximum Gasteiger partial charge on any atom is 1.00 e. The maximum atomic E-state index is 11.8. The minimum absolute atomic E-state index is 0. The number of rotatable bonds is 5. The number of fused-ring (bicyclic) bond motifs is 1. The number of β-lactam (4-membered cyclic amide) rings is 1. The molecular formula is C11H11N2NaO6S. The van der Waals surface area contributed by atoms with Gasteiger partial charge in [0, 0.05) is 18.2 Å². The van der Waals surface area contributed by atoms with Gasteiger partial charge in [0.25, 0.3) is 5.91 Å². The first-order chi connectivity index (χ1) is 9.47. The Balaban J connectivity index is 0.00000220. The number of thioether (sulfide) groups is 1. The molecule has 21 heavy (non-hydrogen) atoms. The predicted octanol–water partition coefficient (Wildman–Crippen LogP) is -5.41. The fraction of sp³-hybridized carbons (Fsp3) is 0.455. The number of hydrogen-bond donors (Lipinski definition) is 1. The van der Waals surface area contributed by atoms with E-state index in [-0.39, 0.29) is 47.6 Å². The summed E-state index contributed by atoms with van der Waals surface area (Å²) in [7, 11) is 0. The summed E-state index contributed by atoms with van der Waals surface area (Å²) in [6.45, 7) is 1.00. The molecule has 8 nitrogen and oxygen atoms in total. The first-order valence-electron chi connectivity index (χ1n) is 5.68. The first kappa shape index (κ1) is 18.0. The average molecular weight is 322 g/mol. The zero-order chi connectivity index (χ0) is 14.9. The summed E-state index contributed by atoms with van der Waals surface area (Å²) < 4.78 is 4.77. The van der Waals surface area contributed by atoms with E-state index in [1.54, 1.807) is 0 Å². The molecule has 0 aromatic rings. The quantitative estimate of drug-likeness (QED) is 0.232. The van der Waals surface area contributed by atoms with Crippen LogP contribution in [0.2, 0.25) is 0 Å². The van der Waals surface area contributed by atoms with Gasteiger partial charge >= 0.3 is 35.5 Å². The van der Waals surface area contributed by atoms with E-state index in [0.29, 0.717) is 12.0 Å². The average Bonchev–Trinajstić information content (AvgIpc) is 2.40. The smallest absolute Gasteiger partial charge is 0.543 e. The summed E-state index contributed by atoms with van der Waals surface area (Å²) in [5.41, 5.74) is 0.0308. The molecule has 0 spiro atoms. The number of esters is 1. The van der Waals surface area contributed by atoms with E-state index in [2.05, 4.69) is 5.32 Å². The van der Waals surface area contributed by atoms with Gasteiger partial charge in [-0.15, -0.1) is 11.8 Å². The summed E-state index contributed by atoms with van der Waals surface area (Å²) in [5, 5.41) is 13.1. The van der Waals surface area contributed by atoms with Crippen molar-refractivity contribution in [3.05, 3.63) is 11.3 Å². The van der Waals surface area contributed by atoms with Crippen LogP contribution in [0.5, 0.6) is 0 Å². The number of amides is 2. The van der Waals surface area contributed by atoms with Crippen molar-refractivity contribution in [2.24, 2.45) is 0 Å². The van der Waals surface area contributed by atoms with Crippen LogP contribution in [0.25, 0.3) is 0 Å². The van der Waals surface area contributed by atoms with E-state index in [9.17, 15) is 24.3 Å². The van der Waals surface area contributed by atoms with Gasteiger partial charge < -0.3 is 20.0 Å². The number of carboxylic acids is 1. The van der Waals surface area contributed by atoms with Gasteiger partial charge in [-0.1, -0.05) is 0 Å². The second-order valence-corrected chi connectivity index (χ2v) is 5.30. The predicted molar refractivity (Wildman–Crippen MR) is 64.7 cm³/mol. The van der Waals surface area contributed by atoms with Crippen LogP contribution in [0.1, 0.15) is 6.92 Å². The van der Waals surface area contributed by atoms with E-state index in [1.807, 2.05) is 0 Å². The van der Waals surface area contributed by atoms with Gasteiger partial charge in [0.1, 0.15) is 18.0 Å². The molecule has 10 heteroatoms. The van der Waals surface area contributed by atoms with Gasteiger partial charge in [-0.2, -0.15) is 0 Å². The van der Waals surface area contributed by atoms with Crippen LogP contribution >= 0.6 is 11.8 Å². The van der Waals surface area contributed by atoms with Crippen LogP contribution in [-0.2, 0) is 23.9 Å². The third-order valence-corrected chi connectivity index (χ3v) is 4.28. The van der Waals surface area contributed by atoms with E-state index in [0.717, 1.165) is 4.90 Å². The van der Waals surface area contributed by atoms with Crippen LogP contribution in [-0.4, -0.2) is 52.9 Å². The Hall–Kier alpha value is -1.03. The van der Waals surface area contributed by atoms with E-state index in [4.69, 9.17) is 4.74 Å². The molecule has 2 atom stereocenters. The third-order valence-electron chi connectivity index (χ3n) is 2.94. The summed E-state index contributed by atoms with van der Waals surface area (Å²) >= 11 is 1.29. The number of nitrogens with zero attached hydrogens (tertiary/aromatic N) is 1. The van der Waals surface area contributed by atoms with Crippen molar-refractivity contribution in [3.63, 3.8) is 0 Å². The number of carboxylic acid groups (broad SMARTS) is 1. The zero-order valence-corrected chi connectivity index (χ0v) is 14.3. The van der Waals surface area contributed by atoms with Crippen molar-refractivity contribution < 1.29 is 58.6 Å². The fourth-order valence-corrected chi connectivity index (χ4v) is 3.40. The van der Waals surface area contributed by atoms with Crippen molar-refractivity contribution in [1.29, 1.82) is 0 Å². The first-order valence-corrected chi connectivity index (χ1v) is 6.73. The molecule has 108 valence electrons. The summed E-state index contributed by atoms with van der Waals surface area (Å²) in [6.07, 6.45) is 0.400. The summed E-state index contributed by atoms with van der Waals surface area (Å²) in [4.78, 5) is 45.3. The van der Waals surface area contributed by atoms with Crippen molar-refractivity contribution in [1.82, 2.24) is 10.2 Å². The van der Waals surface area contributed by atoms with Gasteiger partial charge in [0.2, 0.25) is 6.41 Å². The molecule has 0 unspecified atom stereocenters. The van der Waals surface area contributed by atoms with Crippen LogP contribution in [0.15, 0.2) is 11.3 Å². The fourth-order valence-electron chi connectivity index (χ4n) is 2.07. The number of nitrogens with one attached hydrogen (secondary N) is 1. The minimum atomic E-state index is -1.50. The molecule has 0 aliphatic carbocycles. The van der Waals surface area contributed by atoms with Crippen LogP contribution < -0.4 is 40.0 Å². The maximum absolute atomic E-state index is 11.8. The van der Waals surface area contributed by atoms with E-state index in [1.165, 1.54) is 18.7 Å². The van der Waals surface area contributed by atoms with Crippen LogP contribution in [0.4, 0.5) is 0 Å². The van der Waals surface area contributed by atoms with Gasteiger partial charge in [-0.05, 0) is 0 Å². The standard InChI is InChI=1S/C11H12N2O6S.Na/c1-5(15)19-2-6-3-20-10-7(12-4-14)9(16)13(10)8(6)11(17)18;/h4,7,10H,2-3H2,1H3,(H,12,14)(H,17,18);/q;+1/p-1/t7-,10-;/m1./s1. The van der Waals surface area contributed by atoms with Crippen molar-refractivity contribution in [2.75, 3.05) is 12.4 Å². The molecule has 2 rings (SSSR count). The molecule has 0 aromatic heterocycles. The SMILES string of the molecule is CC(=O)OCC1=C(C(=O)[O-])N2C(=O)[C@@H](NC=O)[C@H]2SC1.[Na+]. The molecular weight excluding hydrogens is 311 g/mol. The second kappa shape index (κ2) is 7.30. The monoisotopic (exact) mass is 322 g/mol. The van der Waals surface area contributed by atoms with Gasteiger partial charge in [-0.3, -0.25) is 19.3 Å². The van der Waals surface area contributed by atoms with Crippen molar-refractivity contribution in [2.45, 2.75) is 18.3 Å². The summed E-state index contributed by atoms with van der Waals surface area (Å²) in [5.74, 6) is -2.29. The molecule has 2 heterocycles. The van der Waals surface area contributed by atoms with E-state index < -0.39 is 29.3 Å². The minimum Gasteiger partial charge on any atom is -0.543 e. The molecule has 0 saturated carbocycles. The Morgan fingerprint density at radius 1 is 1.57 bits per heavy atom. The van der Waals surface area contributed by atoms with Crippen molar-refractivity contribution >= 4 is 36.0 Å². The number of ether oxygens (including phenoxy) is 1. The Morgan fingerprint density at radius 3 is 2.76 bits per heavy atom. The molecule has 0 aromatic carbocycles. The Kier molecular flexibility index (Phi) is 6.26. The molecule has 1 N–H and O–H groups in total. The van der Waals surface area contributed by atoms with E-state index >= 15 is 0 Å². The molecule has 2 amide bonds. The molecule has 0 radical (unpaired) electrons. The van der Waals surface area contributed by atoms with Gasteiger partial charge in [0.15, 0.2) is 0 Å². The molecule has 1 fully saturated rings. The number of carbonyl (C=O) groups excluding carboxylic acids is 4. The van der Waals surface area contributed by atoms with Gasteiger partial charge in [-0.25, -0.2) is 0 Å².